The Bertz CT molecular complexity index is 390. The summed E-state index contributed by atoms with van der Waals surface area (Å²) in [6, 6.07) is -0.813. The summed E-state index contributed by atoms with van der Waals surface area (Å²) >= 11 is 0. The highest BCUT2D eigenvalue weighted by atomic mass is 16.4. The van der Waals surface area contributed by atoms with Crippen molar-refractivity contribution in [2.75, 3.05) is 33.3 Å². The molecule has 3 atom stereocenters. The molecule has 0 bridgehead atoms. The Labute approximate surface area is 124 Å². The Morgan fingerprint density at radius 3 is 2.76 bits per heavy atom. The minimum atomic E-state index is -1.11. The predicted octanol–water partition coefficient (Wildman–Crippen LogP) is -0.0523. The van der Waals surface area contributed by atoms with Crippen LogP contribution in [-0.4, -0.2) is 77.4 Å². The molecule has 2 amide bonds. The molecule has 2 aliphatic rings. The fraction of sp³-hybridized carbons (Fsp3) is 0.857. The summed E-state index contributed by atoms with van der Waals surface area (Å²) in [5, 5.41) is 20.4. The van der Waals surface area contributed by atoms with E-state index in [0.29, 0.717) is 25.0 Å². The van der Waals surface area contributed by atoms with Gasteiger partial charge in [0.2, 0.25) is 0 Å². The SMILES string of the molecule is CN1CCCC2CN(C(=O)NC(CCO)C(=O)O)CCC21. The maximum atomic E-state index is 12.2. The van der Waals surface area contributed by atoms with Gasteiger partial charge in [-0.15, -0.1) is 0 Å². The molecule has 7 heteroatoms. The Balaban J connectivity index is 1.90. The van der Waals surface area contributed by atoms with E-state index >= 15 is 0 Å². The number of aliphatic carboxylic acids is 1. The molecule has 2 heterocycles. The maximum absolute atomic E-state index is 12.2. The number of carboxylic acids is 1. The number of carboxylic acid groups (broad SMARTS) is 1. The van der Waals surface area contributed by atoms with Crippen LogP contribution in [0.25, 0.3) is 0 Å². The van der Waals surface area contributed by atoms with Crippen molar-refractivity contribution in [2.24, 2.45) is 5.92 Å². The lowest BCUT2D eigenvalue weighted by Crippen LogP contribution is -2.57. The number of nitrogens with zero attached hydrogens (tertiary/aromatic N) is 2. The predicted molar refractivity (Wildman–Crippen MR) is 77.0 cm³/mol. The standard InChI is InChI=1S/C14H25N3O4/c1-16-6-2-3-10-9-17(7-4-12(10)16)14(21)15-11(5-8-18)13(19)20/h10-12,18H,2-9H2,1H3,(H,15,21)(H,19,20). The van der Waals surface area contributed by atoms with Crippen LogP contribution >= 0.6 is 0 Å². The number of urea groups is 1. The Kier molecular flexibility index (Phi) is 5.41. The number of piperidine rings is 2. The van der Waals surface area contributed by atoms with Crippen LogP contribution in [0.1, 0.15) is 25.7 Å². The molecule has 0 spiro atoms. The van der Waals surface area contributed by atoms with Crippen LogP contribution in [0.3, 0.4) is 0 Å². The van der Waals surface area contributed by atoms with Gasteiger partial charge in [0, 0.05) is 32.2 Å². The van der Waals surface area contributed by atoms with E-state index in [4.69, 9.17) is 10.2 Å². The third-order valence-electron chi connectivity index (χ3n) is 4.65. The highest BCUT2D eigenvalue weighted by Gasteiger charge is 2.36. The lowest BCUT2D eigenvalue weighted by atomic mass is 9.84. The van der Waals surface area contributed by atoms with E-state index in [9.17, 15) is 9.59 Å². The van der Waals surface area contributed by atoms with Gasteiger partial charge in [-0.1, -0.05) is 0 Å². The van der Waals surface area contributed by atoms with Crippen LogP contribution < -0.4 is 5.32 Å². The highest BCUT2D eigenvalue weighted by molar-refractivity contribution is 5.82. The van der Waals surface area contributed by atoms with Crippen molar-refractivity contribution in [3.05, 3.63) is 0 Å². The second-order valence-corrected chi connectivity index (χ2v) is 6.04. The number of carbonyl (C=O) groups is 2. The normalized spacial score (nSPS) is 27.8. The monoisotopic (exact) mass is 299 g/mol. The maximum Gasteiger partial charge on any atom is 0.326 e. The van der Waals surface area contributed by atoms with Crippen LogP contribution in [0.5, 0.6) is 0 Å². The van der Waals surface area contributed by atoms with Crippen molar-refractivity contribution >= 4 is 12.0 Å². The molecule has 0 radical (unpaired) electrons. The lowest BCUT2D eigenvalue weighted by Gasteiger charge is -2.46. The van der Waals surface area contributed by atoms with Gasteiger partial charge in [-0.2, -0.15) is 0 Å². The Morgan fingerprint density at radius 1 is 1.33 bits per heavy atom. The number of hydrogen-bond donors (Lipinski definition) is 3. The summed E-state index contributed by atoms with van der Waals surface area (Å²) < 4.78 is 0. The first-order valence-electron chi connectivity index (χ1n) is 7.62. The Hall–Kier alpha value is -1.34. The summed E-state index contributed by atoms with van der Waals surface area (Å²) in [4.78, 5) is 27.3. The molecule has 0 saturated carbocycles. The summed E-state index contributed by atoms with van der Waals surface area (Å²) in [5.41, 5.74) is 0. The van der Waals surface area contributed by atoms with E-state index in [1.54, 1.807) is 4.90 Å². The largest absolute Gasteiger partial charge is 0.480 e. The van der Waals surface area contributed by atoms with Crippen LogP contribution in [0.15, 0.2) is 0 Å². The van der Waals surface area contributed by atoms with Crippen LogP contribution in [0.4, 0.5) is 4.79 Å². The Morgan fingerprint density at radius 2 is 2.10 bits per heavy atom. The number of carbonyl (C=O) groups excluding carboxylic acids is 1. The molecule has 3 N–H and O–H groups in total. The third kappa shape index (κ3) is 3.85. The van der Waals surface area contributed by atoms with Gasteiger partial charge >= 0.3 is 12.0 Å². The summed E-state index contributed by atoms with van der Waals surface area (Å²) in [7, 11) is 2.13. The molecular formula is C14H25N3O4. The van der Waals surface area contributed by atoms with E-state index in [1.165, 1.54) is 0 Å². The molecule has 7 nitrogen and oxygen atoms in total. The van der Waals surface area contributed by atoms with Crippen molar-refractivity contribution in [1.82, 2.24) is 15.1 Å². The van der Waals surface area contributed by atoms with Crippen molar-refractivity contribution in [1.29, 1.82) is 0 Å². The first kappa shape index (κ1) is 16.0. The molecule has 0 aromatic heterocycles. The fourth-order valence-electron chi connectivity index (χ4n) is 3.46. The molecule has 3 unspecified atom stereocenters. The van der Waals surface area contributed by atoms with Gasteiger partial charge in [0.1, 0.15) is 6.04 Å². The highest BCUT2D eigenvalue weighted by Crippen LogP contribution is 2.29. The molecule has 0 aliphatic carbocycles. The molecule has 2 aliphatic heterocycles. The average Bonchev–Trinajstić information content (AvgIpc) is 2.46. The van der Waals surface area contributed by atoms with Crippen LogP contribution in [0.2, 0.25) is 0 Å². The fourth-order valence-corrected chi connectivity index (χ4v) is 3.46. The number of nitrogens with one attached hydrogen (secondary N) is 1. The minimum absolute atomic E-state index is 0.0315. The second-order valence-electron chi connectivity index (χ2n) is 6.04. The zero-order valence-electron chi connectivity index (χ0n) is 12.5. The molecular weight excluding hydrogens is 274 g/mol. The van der Waals surface area contributed by atoms with Crippen molar-refractivity contribution in [3.8, 4) is 0 Å². The van der Waals surface area contributed by atoms with E-state index in [-0.39, 0.29) is 19.1 Å². The van der Waals surface area contributed by atoms with Crippen molar-refractivity contribution < 1.29 is 19.8 Å². The molecule has 2 fully saturated rings. The molecule has 21 heavy (non-hydrogen) atoms. The molecule has 0 aromatic rings. The number of aliphatic hydroxyl groups excluding tert-OH is 1. The van der Waals surface area contributed by atoms with Gasteiger partial charge in [-0.25, -0.2) is 9.59 Å². The van der Waals surface area contributed by atoms with Crippen molar-refractivity contribution in [2.45, 2.75) is 37.8 Å². The third-order valence-corrected chi connectivity index (χ3v) is 4.65. The van der Waals surface area contributed by atoms with Gasteiger partial charge in [-0.3, -0.25) is 0 Å². The van der Waals surface area contributed by atoms with E-state index < -0.39 is 12.0 Å². The van der Waals surface area contributed by atoms with Gasteiger partial charge in [0.15, 0.2) is 0 Å². The number of aliphatic hydroxyl groups is 1. The van der Waals surface area contributed by atoms with E-state index in [1.807, 2.05) is 0 Å². The van der Waals surface area contributed by atoms with Crippen LogP contribution in [-0.2, 0) is 4.79 Å². The number of fused-ring (bicyclic) bond motifs is 1. The molecule has 120 valence electrons. The van der Waals surface area contributed by atoms with Gasteiger partial charge in [-0.05, 0) is 38.8 Å². The number of rotatable bonds is 4. The first-order valence-corrected chi connectivity index (χ1v) is 7.62. The van der Waals surface area contributed by atoms with Crippen molar-refractivity contribution in [3.63, 3.8) is 0 Å². The zero-order valence-corrected chi connectivity index (χ0v) is 12.5. The number of amides is 2. The number of hydrogen-bond acceptors (Lipinski definition) is 4. The lowest BCUT2D eigenvalue weighted by molar-refractivity contribution is -0.139. The zero-order chi connectivity index (χ0) is 15.4. The summed E-state index contributed by atoms with van der Waals surface area (Å²) in [5.74, 6) is -0.631. The van der Waals surface area contributed by atoms with Gasteiger partial charge in [0.25, 0.3) is 0 Å². The van der Waals surface area contributed by atoms with E-state index in [2.05, 4.69) is 17.3 Å². The molecule has 2 rings (SSSR count). The molecule has 0 aromatic carbocycles. The quantitative estimate of drug-likeness (QED) is 0.677. The number of likely N-dealkylation sites (tertiary alicyclic amines) is 2. The first-order chi connectivity index (χ1) is 10.0. The average molecular weight is 299 g/mol. The van der Waals surface area contributed by atoms with Gasteiger partial charge in [0.05, 0.1) is 0 Å². The second kappa shape index (κ2) is 7.09. The molecule has 2 saturated heterocycles. The summed E-state index contributed by atoms with van der Waals surface area (Å²) in [6.45, 7) is 2.20. The van der Waals surface area contributed by atoms with Gasteiger partial charge < -0.3 is 25.3 Å². The smallest absolute Gasteiger partial charge is 0.326 e. The van der Waals surface area contributed by atoms with Crippen LogP contribution in [0, 0.1) is 5.92 Å². The minimum Gasteiger partial charge on any atom is -0.480 e. The summed E-state index contributed by atoms with van der Waals surface area (Å²) in [6.07, 6.45) is 3.24. The van der Waals surface area contributed by atoms with E-state index in [0.717, 1.165) is 25.8 Å². The topological polar surface area (TPSA) is 93.1 Å².